The normalized spacial score (nSPS) is 12.4. The first kappa shape index (κ1) is 29.1. The summed E-state index contributed by atoms with van der Waals surface area (Å²) in [5.74, 6) is 0. The number of hydrogen-bond acceptors (Lipinski definition) is 1. The minimum Gasteiger partial charge on any atom is -0.456 e. The zero-order chi connectivity index (χ0) is 35.8. The van der Waals surface area contributed by atoms with Crippen LogP contribution in [-0.4, -0.2) is 9.13 Å². The van der Waals surface area contributed by atoms with E-state index in [4.69, 9.17) is 4.42 Å². The standard InChI is InChI=1S/C52H30N2O/c1-2-11-31(12-3-1)32-21-23-33(24-22-32)53-45-29-30-47-50(41-16-7-9-20-46(41)55-47)49(45)42-26-25-39-36-15-6-8-19-43(36)54(51(39)52(42)53)44-28-27-38-35-14-5-4-13-34(35)37-17-10-18-40(44)48(37)38/h1-30H. The van der Waals surface area contributed by atoms with Crippen LogP contribution in [0.3, 0.4) is 0 Å². The van der Waals surface area contributed by atoms with Crippen molar-refractivity contribution in [1.82, 2.24) is 9.13 Å². The average Bonchev–Trinajstić information content (AvgIpc) is 3.99. The van der Waals surface area contributed by atoms with Crippen LogP contribution in [0.25, 0.3) is 121 Å². The molecule has 0 unspecified atom stereocenters. The number of fused-ring (bicyclic) bond motifs is 14. The van der Waals surface area contributed by atoms with Crippen molar-refractivity contribution in [1.29, 1.82) is 0 Å². The summed E-state index contributed by atoms with van der Waals surface area (Å²) >= 11 is 0. The van der Waals surface area contributed by atoms with Crippen LogP contribution in [0, 0.1) is 0 Å². The molecule has 1 aliphatic rings. The number of nitrogens with zero attached hydrogens (tertiary/aromatic N) is 2. The molecule has 0 saturated carbocycles. The second-order valence-corrected chi connectivity index (χ2v) is 14.8. The molecule has 0 atom stereocenters. The minimum atomic E-state index is 0.903. The summed E-state index contributed by atoms with van der Waals surface area (Å²) in [4.78, 5) is 0. The van der Waals surface area contributed by atoms with E-state index in [1.807, 2.05) is 0 Å². The Bertz CT molecular complexity index is 3550. The lowest BCUT2D eigenvalue weighted by Gasteiger charge is -2.15. The van der Waals surface area contributed by atoms with E-state index in [2.05, 4.69) is 191 Å². The highest BCUT2D eigenvalue weighted by atomic mass is 16.3. The first-order valence-electron chi connectivity index (χ1n) is 18.9. The second kappa shape index (κ2) is 10.6. The van der Waals surface area contributed by atoms with Crippen molar-refractivity contribution >= 4 is 76.3 Å². The predicted octanol–water partition coefficient (Wildman–Crippen LogP) is 14.2. The minimum absolute atomic E-state index is 0.903. The maximum absolute atomic E-state index is 6.51. The van der Waals surface area contributed by atoms with E-state index in [9.17, 15) is 0 Å². The largest absolute Gasteiger partial charge is 0.456 e. The van der Waals surface area contributed by atoms with Crippen LogP contribution in [-0.2, 0) is 0 Å². The Labute approximate surface area is 315 Å². The van der Waals surface area contributed by atoms with E-state index in [1.165, 1.54) is 87.9 Å². The third-order valence-electron chi connectivity index (χ3n) is 12.1. The number of benzene rings is 9. The van der Waals surface area contributed by atoms with Crippen molar-refractivity contribution in [3.05, 3.63) is 182 Å². The van der Waals surface area contributed by atoms with Gasteiger partial charge in [0.25, 0.3) is 0 Å². The molecule has 0 bridgehead atoms. The molecule has 3 heteroatoms. The molecule has 0 aliphatic heterocycles. The van der Waals surface area contributed by atoms with Gasteiger partial charge in [0.15, 0.2) is 0 Å². The van der Waals surface area contributed by atoms with Gasteiger partial charge < -0.3 is 13.6 Å². The first-order valence-corrected chi connectivity index (χ1v) is 18.9. The van der Waals surface area contributed by atoms with Gasteiger partial charge in [-0.3, -0.25) is 0 Å². The third kappa shape index (κ3) is 3.79. The van der Waals surface area contributed by atoms with Gasteiger partial charge in [0.2, 0.25) is 0 Å². The Morgan fingerprint density at radius 3 is 1.82 bits per heavy atom. The molecule has 0 spiro atoms. The van der Waals surface area contributed by atoms with Crippen LogP contribution in [0.4, 0.5) is 0 Å². The van der Waals surface area contributed by atoms with E-state index < -0.39 is 0 Å². The van der Waals surface area contributed by atoms with Gasteiger partial charge in [0.1, 0.15) is 11.2 Å². The Morgan fingerprint density at radius 1 is 0.309 bits per heavy atom. The molecule has 3 nitrogen and oxygen atoms in total. The van der Waals surface area contributed by atoms with Crippen LogP contribution in [0.2, 0.25) is 0 Å². The van der Waals surface area contributed by atoms with E-state index in [-0.39, 0.29) is 0 Å². The maximum atomic E-state index is 6.51. The Balaban J connectivity index is 1.22. The zero-order valence-electron chi connectivity index (χ0n) is 29.6. The Kier molecular flexibility index (Phi) is 5.63. The highest BCUT2D eigenvalue weighted by Gasteiger charge is 2.27. The molecule has 1 aliphatic carbocycles. The van der Waals surface area contributed by atoms with Crippen LogP contribution < -0.4 is 0 Å². The predicted molar refractivity (Wildman–Crippen MR) is 230 cm³/mol. The molecule has 0 radical (unpaired) electrons. The Morgan fingerprint density at radius 2 is 0.964 bits per heavy atom. The van der Waals surface area contributed by atoms with Crippen molar-refractivity contribution in [3.8, 4) is 44.8 Å². The van der Waals surface area contributed by atoms with Crippen molar-refractivity contribution in [3.63, 3.8) is 0 Å². The van der Waals surface area contributed by atoms with Gasteiger partial charge in [-0.2, -0.15) is 0 Å². The summed E-state index contributed by atoms with van der Waals surface area (Å²) in [6.07, 6.45) is 0. The number of rotatable bonds is 3. The summed E-state index contributed by atoms with van der Waals surface area (Å²) in [5, 5.41) is 9.74. The molecule has 55 heavy (non-hydrogen) atoms. The fraction of sp³-hybridized carbons (Fsp3) is 0. The number of aromatic nitrogens is 2. The van der Waals surface area contributed by atoms with E-state index in [1.54, 1.807) is 0 Å². The first-order chi connectivity index (χ1) is 27.3. The monoisotopic (exact) mass is 698 g/mol. The average molecular weight is 699 g/mol. The quantitative estimate of drug-likeness (QED) is 0.180. The Hall–Kier alpha value is -7.36. The van der Waals surface area contributed by atoms with Crippen molar-refractivity contribution in [2.24, 2.45) is 0 Å². The molecular weight excluding hydrogens is 669 g/mol. The van der Waals surface area contributed by atoms with Crippen LogP contribution in [0.15, 0.2) is 186 Å². The van der Waals surface area contributed by atoms with Crippen molar-refractivity contribution in [2.75, 3.05) is 0 Å². The summed E-state index contributed by atoms with van der Waals surface area (Å²) in [6.45, 7) is 0. The fourth-order valence-corrected chi connectivity index (χ4v) is 9.79. The molecule has 0 amide bonds. The number of para-hydroxylation sites is 2. The zero-order valence-corrected chi connectivity index (χ0v) is 29.6. The summed E-state index contributed by atoms with van der Waals surface area (Å²) < 4.78 is 11.5. The maximum Gasteiger partial charge on any atom is 0.136 e. The topological polar surface area (TPSA) is 23.0 Å². The van der Waals surface area contributed by atoms with E-state index >= 15 is 0 Å². The molecule has 254 valence electrons. The van der Waals surface area contributed by atoms with Gasteiger partial charge in [-0.1, -0.05) is 140 Å². The lowest BCUT2D eigenvalue weighted by atomic mass is 10.0. The SMILES string of the molecule is c1ccc(-c2ccc(-n3c4ccc5oc6ccccc6c5c4c4ccc5c6ccccc6n(-c6ccc7c8c(cccc68)-c6ccccc6-7)c5c43)cc2)cc1. The van der Waals surface area contributed by atoms with E-state index in [0.717, 1.165) is 33.1 Å². The smallest absolute Gasteiger partial charge is 0.136 e. The van der Waals surface area contributed by atoms with Crippen LogP contribution in [0.1, 0.15) is 0 Å². The van der Waals surface area contributed by atoms with E-state index in [0.29, 0.717) is 0 Å². The lowest BCUT2D eigenvalue weighted by molar-refractivity contribution is 0.669. The summed E-state index contributed by atoms with van der Waals surface area (Å²) in [5.41, 5.74) is 16.5. The summed E-state index contributed by atoms with van der Waals surface area (Å²) in [7, 11) is 0. The highest BCUT2D eigenvalue weighted by Crippen LogP contribution is 2.50. The molecule has 9 aromatic carbocycles. The third-order valence-corrected chi connectivity index (χ3v) is 12.1. The van der Waals surface area contributed by atoms with Gasteiger partial charge in [-0.25, -0.2) is 0 Å². The van der Waals surface area contributed by atoms with Gasteiger partial charge in [0.05, 0.1) is 27.8 Å². The molecule has 3 aromatic heterocycles. The van der Waals surface area contributed by atoms with Crippen LogP contribution in [0.5, 0.6) is 0 Å². The van der Waals surface area contributed by atoms with Crippen LogP contribution >= 0.6 is 0 Å². The molecule has 12 aromatic rings. The van der Waals surface area contributed by atoms with Gasteiger partial charge in [-0.05, 0) is 81.2 Å². The molecule has 13 rings (SSSR count). The highest BCUT2D eigenvalue weighted by molar-refractivity contribution is 6.32. The van der Waals surface area contributed by atoms with Crippen molar-refractivity contribution < 1.29 is 4.42 Å². The molecule has 0 saturated heterocycles. The fourth-order valence-electron chi connectivity index (χ4n) is 9.79. The summed E-state index contributed by atoms with van der Waals surface area (Å²) in [6, 6.07) is 66.4. The number of furan rings is 1. The lowest BCUT2D eigenvalue weighted by Crippen LogP contribution is -1.99. The van der Waals surface area contributed by atoms with Crippen molar-refractivity contribution in [2.45, 2.75) is 0 Å². The van der Waals surface area contributed by atoms with Gasteiger partial charge in [-0.15, -0.1) is 0 Å². The van der Waals surface area contributed by atoms with Gasteiger partial charge >= 0.3 is 0 Å². The van der Waals surface area contributed by atoms with Gasteiger partial charge in [0, 0.05) is 43.4 Å². The molecule has 0 fully saturated rings. The molecular formula is C52H30N2O. The second-order valence-electron chi connectivity index (χ2n) is 14.8. The number of hydrogen-bond donors (Lipinski definition) is 0. The molecule has 3 heterocycles. The molecule has 0 N–H and O–H groups in total.